The van der Waals surface area contributed by atoms with Crippen LogP contribution in [-0.4, -0.2) is 20.6 Å². The Morgan fingerprint density at radius 3 is 2.31 bits per heavy atom. The number of halogens is 1. The van der Waals surface area contributed by atoms with Gasteiger partial charge in [0.25, 0.3) is 11.6 Å². The minimum absolute atomic E-state index is 0.199. The van der Waals surface area contributed by atoms with Crippen molar-refractivity contribution in [3.63, 3.8) is 0 Å². The molecule has 0 unspecified atom stereocenters. The fourth-order valence-electron chi connectivity index (χ4n) is 4.26. The van der Waals surface area contributed by atoms with Crippen LogP contribution in [0.1, 0.15) is 21.6 Å². The fraction of sp³-hybridized carbons (Fsp3) is 0.0667. The van der Waals surface area contributed by atoms with E-state index in [0.29, 0.717) is 27.7 Å². The molecule has 4 aromatic carbocycles. The van der Waals surface area contributed by atoms with Crippen molar-refractivity contribution in [2.75, 3.05) is 5.32 Å². The van der Waals surface area contributed by atoms with Gasteiger partial charge in [-0.15, -0.1) is 0 Å². The number of anilines is 1. The third-order valence-electron chi connectivity index (χ3n) is 6.12. The zero-order chi connectivity index (χ0) is 27.5. The topological polar surface area (TPSA) is 99.3 Å². The number of benzene rings is 4. The van der Waals surface area contributed by atoms with Gasteiger partial charge in [0.2, 0.25) is 0 Å². The number of nitrogens with one attached hydrogen (secondary N) is 1. The highest BCUT2D eigenvalue weighted by atomic mass is 35.5. The highest BCUT2D eigenvalue weighted by molar-refractivity contribution is 6.30. The van der Waals surface area contributed by atoms with Crippen LogP contribution in [-0.2, 0) is 0 Å². The lowest BCUT2D eigenvalue weighted by atomic mass is 10.1. The number of carbonyl (C=O) groups excluding carboxylic acids is 1. The smallest absolute Gasteiger partial charge is 0.275 e. The number of para-hydroxylation sites is 1. The molecule has 1 amide bonds. The number of nitro groups is 1. The molecule has 0 saturated carbocycles. The van der Waals surface area contributed by atoms with E-state index in [2.05, 4.69) is 5.32 Å². The summed E-state index contributed by atoms with van der Waals surface area (Å²) in [6.45, 7) is 3.63. The second-order valence-corrected chi connectivity index (χ2v) is 9.30. The Bertz CT molecular complexity index is 1680. The quantitative estimate of drug-likeness (QED) is 0.168. The lowest BCUT2D eigenvalue weighted by Gasteiger charge is -2.12. The molecular formula is C30H23ClN4O4. The minimum Gasteiger partial charge on any atom is -0.457 e. The number of nitrogens with zero attached hydrogens (tertiary/aromatic N) is 3. The summed E-state index contributed by atoms with van der Waals surface area (Å²) in [6, 6.07) is 28.1. The fourth-order valence-corrected chi connectivity index (χ4v) is 4.49. The maximum atomic E-state index is 13.7. The van der Waals surface area contributed by atoms with Crippen LogP contribution in [0, 0.1) is 24.0 Å². The number of hydrogen-bond donors (Lipinski definition) is 1. The molecule has 0 aliphatic carbocycles. The van der Waals surface area contributed by atoms with Crippen molar-refractivity contribution in [3.8, 4) is 28.4 Å². The molecule has 5 aromatic rings. The predicted octanol–water partition coefficient (Wildman–Crippen LogP) is 7.76. The molecule has 8 nitrogen and oxygen atoms in total. The lowest BCUT2D eigenvalue weighted by Crippen LogP contribution is -2.14. The molecule has 0 spiro atoms. The summed E-state index contributed by atoms with van der Waals surface area (Å²) >= 11 is 6.04. The molecule has 0 aliphatic heterocycles. The Morgan fingerprint density at radius 2 is 1.64 bits per heavy atom. The summed E-state index contributed by atoms with van der Waals surface area (Å²) in [5.74, 6) is 0.232. The van der Waals surface area contributed by atoms with Crippen LogP contribution in [0.15, 0.2) is 97.1 Å². The second kappa shape index (κ2) is 10.8. The number of rotatable bonds is 7. The first-order chi connectivity index (χ1) is 18.8. The third kappa shape index (κ3) is 5.51. The van der Waals surface area contributed by atoms with Crippen molar-refractivity contribution >= 4 is 28.9 Å². The van der Waals surface area contributed by atoms with Crippen molar-refractivity contribution in [1.29, 1.82) is 0 Å². The van der Waals surface area contributed by atoms with Crippen LogP contribution in [0.5, 0.6) is 11.5 Å². The van der Waals surface area contributed by atoms with Crippen molar-refractivity contribution < 1.29 is 14.5 Å². The Morgan fingerprint density at radius 1 is 0.949 bits per heavy atom. The van der Waals surface area contributed by atoms with E-state index in [1.54, 1.807) is 22.9 Å². The van der Waals surface area contributed by atoms with E-state index in [0.717, 1.165) is 16.8 Å². The van der Waals surface area contributed by atoms with Crippen LogP contribution in [0.25, 0.3) is 16.9 Å². The van der Waals surface area contributed by atoms with E-state index in [4.69, 9.17) is 21.4 Å². The first-order valence-electron chi connectivity index (χ1n) is 12.1. The summed E-state index contributed by atoms with van der Waals surface area (Å²) in [5, 5.41) is 19.8. The summed E-state index contributed by atoms with van der Waals surface area (Å²) < 4.78 is 7.64. The van der Waals surface area contributed by atoms with Crippen molar-refractivity contribution in [3.05, 3.63) is 129 Å². The number of carbonyl (C=O) groups is 1. The van der Waals surface area contributed by atoms with Crippen molar-refractivity contribution in [2.24, 2.45) is 0 Å². The zero-order valence-corrected chi connectivity index (χ0v) is 21.8. The molecule has 1 heterocycles. The third-order valence-corrected chi connectivity index (χ3v) is 6.35. The standard InChI is InChI=1S/C30H23ClN4O4/c1-19-15-22(31)13-14-27(19)39-26-17-23(16-25(18-26)35(37)38)32-30(36)28-20(2)34(24-11-7-4-8-12-24)33-29(28)21-9-5-3-6-10-21/h3-18H,1-2H3,(H,32,36). The van der Waals surface area contributed by atoms with Crippen LogP contribution >= 0.6 is 11.6 Å². The van der Waals surface area contributed by atoms with Gasteiger partial charge in [-0.25, -0.2) is 4.68 Å². The van der Waals surface area contributed by atoms with Gasteiger partial charge in [0.05, 0.1) is 33.6 Å². The van der Waals surface area contributed by atoms with Gasteiger partial charge in [-0.3, -0.25) is 14.9 Å². The Balaban J connectivity index is 1.54. The van der Waals surface area contributed by atoms with E-state index in [9.17, 15) is 14.9 Å². The van der Waals surface area contributed by atoms with Crippen molar-refractivity contribution in [1.82, 2.24) is 9.78 Å². The molecule has 39 heavy (non-hydrogen) atoms. The zero-order valence-electron chi connectivity index (χ0n) is 21.1. The molecule has 0 bridgehead atoms. The average molecular weight is 539 g/mol. The van der Waals surface area contributed by atoms with Gasteiger partial charge in [-0.05, 0) is 49.7 Å². The van der Waals surface area contributed by atoms with Crippen molar-refractivity contribution in [2.45, 2.75) is 13.8 Å². The Labute approximate surface area is 229 Å². The summed E-state index contributed by atoms with van der Waals surface area (Å²) in [5.41, 5.74) is 3.78. The summed E-state index contributed by atoms with van der Waals surface area (Å²) in [7, 11) is 0. The van der Waals surface area contributed by atoms with Crippen LogP contribution in [0.3, 0.4) is 0 Å². The first kappa shape index (κ1) is 25.7. The Hall–Kier alpha value is -4.95. The monoisotopic (exact) mass is 538 g/mol. The van der Waals surface area contributed by atoms with Gasteiger partial charge in [-0.2, -0.15) is 5.10 Å². The molecule has 9 heteroatoms. The van der Waals surface area contributed by atoms with E-state index in [-0.39, 0.29) is 17.1 Å². The maximum absolute atomic E-state index is 13.7. The number of ether oxygens (including phenoxy) is 1. The number of hydrogen-bond acceptors (Lipinski definition) is 5. The highest BCUT2D eigenvalue weighted by Gasteiger charge is 2.24. The molecule has 5 rings (SSSR count). The molecular weight excluding hydrogens is 516 g/mol. The SMILES string of the molecule is Cc1cc(Cl)ccc1Oc1cc(NC(=O)c2c(-c3ccccc3)nn(-c3ccccc3)c2C)cc([N+](=O)[O-])c1. The summed E-state index contributed by atoms with van der Waals surface area (Å²) in [4.78, 5) is 24.9. The first-order valence-corrected chi connectivity index (χ1v) is 12.4. The van der Waals surface area contributed by atoms with Gasteiger partial charge >= 0.3 is 0 Å². The van der Waals surface area contributed by atoms with Gasteiger partial charge in [0.1, 0.15) is 17.2 Å². The summed E-state index contributed by atoms with van der Waals surface area (Å²) in [6.07, 6.45) is 0. The van der Waals surface area contributed by atoms with Gasteiger partial charge in [0, 0.05) is 22.7 Å². The molecule has 194 valence electrons. The number of aryl methyl sites for hydroxylation is 1. The van der Waals surface area contributed by atoms with Gasteiger partial charge in [-0.1, -0.05) is 60.1 Å². The number of non-ortho nitro benzene ring substituents is 1. The number of aromatic nitrogens is 2. The molecule has 0 fully saturated rings. The molecule has 1 aromatic heterocycles. The predicted molar refractivity (Wildman–Crippen MR) is 151 cm³/mol. The average Bonchev–Trinajstić information content (AvgIpc) is 3.28. The van der Waals surface area contributed by atoms with Gasteiger partial charge in [0.15, 0.2) is 0 Å². The van der Waals surface area contributed by atoms with Crippen LogP contribution in [0.2, 0.25) is 5.02 Å². The molecule has 0 saturated heterocycles. The molecule has 0 radical (unpaired) electrons. The van der Waals surface area contributed by atoms with Crippen LogP contribution < -0.4 is 10.1 Å². The minimum atomic E-state index is -0.536. The maximum Gasteiger partial charge on any atom is 0.275 e. The van der Waals surface area contributed by atoms with Crippen LogP contribution in [0.4, 0.5) is 11.4 Å². The lowest BCUT2D eigenvalue weighted by molar-refractivity contribution is -0.384. The Kier molecular flexibility index (Phi) is 7.12. The number of amides is 1. The number of nitro benzene ring substituents is 1. The van der Waals surface area contributed by atoms with Gasteiger partial charge < -0.3 is 10.1 Å². The van der Waals surface area contributed by atoms with E-state index >= 15 is 0 Å². The van der Waals surface area contributed by atoms with E-state index in [1.165, 1.54) is 18.2 Å². The second-order valence-electron chi connectivity index (χ2n) is 8.86. The van der Waals surface area contributed by atoms with E-state index < -0.39 is 10.8 Å². The molecule has 0 atom stereocenters. The highest BCUT2D eigenvalue weighted by Crippen LogP contribution is 2.33. The molecule has 0 aliphatic rings. The molecule has 1 N–H and O–H groups in total. The van der Waals surface area contributed by atoms with E-state index in [1.807, 2.05) is 74.5 Å². The largest absolute Gasteiger partial charge is 0.457 e. The normalized spacial score (nSPS) is 10.7.